The molecule has 0 fully saturated rings. The van der Waals surface area contributed by atoms with Crippen LogP contribution in [0.5, 0.6) is 0 Å². The number of aromatic amines is 1. The SMILES string of the molecule is CCCCN1CN(Cc2ccccc2F)Cc2[nH]c(Cc3ccc(N)cc3)nc21. The first kappa shape index (κ1) is 19.5. The second-order valence-electron chi connectivity index (χ2n) is 7.74. The molecule has 1 aliphatic rings. The normalized spacial score (nSPS) is 14.2. The highest BCUT2D eigenvalue weighted by atomic mass is 19.1. The minimum atomic E-state index is -0.146. The van der Waals surface area contributed by atoms with Crippen LogP contribution in [0, 0.1) is 5.82 Å². The van der Waals surface area contributed by atoms with Crippen molar-refractivity contribution >= 4 is 11.5 Å². The molecule has 1 aromatic heterocycles. The van der Waals surface area contributed by atoms with Gasteiger partial charge in [0.15, 0.2) is 5.82 Å². The van der Waals surface area contributed by atoms with Gasteiger partial charge in [0.1, 0.15) is 11.6 Å². The number of hydrogen-bond acceptors (Lipinski definition) is 4. The molecule has 29 heavy (non-hydrogen) atoms. The van der Waals surface area contributed by atoms with E-state index >= 15 is 0 Å². The Kier molecular flexibility index (Phi) is 5.81. The van der Waals surface area contributed by atoms with Crippen molar-refractivity contribution in [2.75, 3.05) is 23.8 Å². The lowest BCUT2D eigenvalue weighted by atomic mass is 10.1. The summed E-state index contributed by atoms with van der Waals surface area (Å²) in [5.41, 5.74) is 9.57. The van der Waals surface area contributed by atoms with E-state index in [-0.39, 0.29) is 5.82 Å². The van der Waals surface area contributed by atoms with E-state index in [9.17, 15) is 4.39 Å². The summed E-state index contributed by atoms with van der Waals surface area (Å²) in [6.45, 7) is 5.22. The maximum absolute atomic E-state index is 14.1. The lowest BCUT2D eigenvalue weighted by Gasteiger charge is -2.35. The predicted octanol–water partition coefficient (Wildman–Crippen LogP) is 4.30. The number of imidazole rings is 1. The molecular formula is C23H28FN5. The molecule has 3 N–H and O–H groups in total. The van der Waals surface area contributed by atoms with Crippen molar-refractivity contribution < 1.29 is 4.39 Å². The van der Waals surface area contributed by atoms with Crippen molar-refractivity contribution in [3.8, 4) is 0 Å². The molecule has 1 aliphatic heterocycles. The zero-order chi connectivity index (χ0) is 20.2. The molecule has 0 saturated heterocycles. The lowest BCUT2D eigenvalue weighted by Crippen LogP contribution is -2.42. The number of H-pyrrole nitrogens is 1. The summed E-state index contributed by atoms with van der Waals surface area (Å²) < 4.78 is 14.1. The van der Waals surface area contributed by atoms with Crippen molar-refractivity contribution in [2.24, 2.45) is 0 Å². The van der Waals surface area contributed by atoms with Crippen LogP contribution in [0.1, 0.15) is 42.4 Å². The third-order valence-electron chi connectivity index (χ3n) is 5.34. The van der Waals surface area contributed by atoms with E-state index in [1.54, 1.807) is 6.07 Å². The number of unbranched alkanes of at least 4 members (excludes halogenated alkanes) is 1. The number of aromatic nitrogens is 2. The van der Waals surface area contributed by atoms with Gasteiger partial charge in [0.05, 0.1) is 12.4 Å². The average molecular weight is 394 g/mol. The van der Waals surface area contributed by atoms with Crippen molar-refractivity contribution in [2.45, 2.75) is 39.3 Å². The van der Waals surface area contributed by atoms with Gasteiger partial charge in [-0.15, -0.1) is 0 Å². The van der Waals surface area contributed by atoms with Gasteiger partial charge in [-0.1, -0.05) is 43.7 Å². The summed E-state index contributed by atoms with van der Waals surface area (Å²) in [7, 11) is 0. The second kappa shape index (κ2) is 8.66. The Morgan fingerprint density at radius 1 is 1.14 bits per heavy atom. The molecule has 0 spiro atoms. The van der Waals surface area contributed by atoms with Crippen molar-refractivity contribution in [1.82, 2.24) is 14.9 Å². The number of benzene rings is 2. The monoisotopic (exact) mass is 393 g/mol. The number of fused-ring (bicyclic) bond motifs is 1. The van der Waals surface area contributed by atoms with Crippen molar-refractivity contribution in [3.05, 3.63) is 77.0 Å². The zero-order valence-corrected chi connectivity index (χ0v) is 16.9. The molecule has 2 aromatic carbocycles. The first-order valence-electron chi connectivity index (χ1n) is 10.2. The van der Waals surface area contributed by atoms with Gasteiger partial charge in [-0.2, -0.15) is 0 Å². The van der Waals surface area contributed by atoms with Crippen LogP contribution in [0.4, 0.5) is 15.9 Å². The fourth-order valence-corrected chi connectivity index (χ4v) is 3.82. The molecule has 6 heteroatoms. The summed E-state index contributed by atoms with van der Waals surface area (Å²) in [6.07, 6.45) is 2.97. The molecule has 2 heterocycles. The zero-order valence-electron chi connectivity index (χ0n) is 16.9. The fourth-order valence-electron chi connectivity index (χ4n) is 3.82. The maximum Gasteiger partial charge on any atom is 0.152 e. The fraction of sp³-hybridized carbons (Fsp3) is 0.348. The molecular weight excluding hydrogens is 365 g/mol. The van der Waals surface area contributed by atoms with Crippen LogP contribution in [-0.4, -0.2) is 28.1 Å². The van der Waals surface area contributed by atoms with Gasteiger partial charge < -0.3 is 15.6 Å². The molecule has 0 amide bonds. The second-order valence-corrected chi connectivity index (χ2v) is 7.74. The van der Waals surface area contributed by atoms with Crippen LogP contribution in [0.3, 0.4) is 0 Å². The molecule has 0 radical (unpaired) electrons. The van der Waals surface area contributed by atoms with Crippen LogP contribution in [0.25, 0.3) is 0 Å². The summed E-state index contributed by atoms with van der Waals surface area (Å²) >= 11 is 0. The van der Waals surface area contributed by atoms with Gasteiger partial charge in [0, 0.05) is 37.3 Å². The third kappa shape index (κ3) is 4.59. The van der Waals surface area contributed by atoms with Gasteiger partial charge in [0.2, 0.25) is 0 Å². The topological polar surface area (TPSA) is 61.2 Å². The van der Waals surface area contributed by atoms with E-state index in [4.69, 9.17) is 10.7 Å². The predicted molar refractivity (Wildman–Crippen MR) is 115 cm³/mol. The van der Waals surface area contributed by atoms with E-state index < -0.39 is 0 Å². The van der Waals surface area contributed by atoms with Gasteiger partial charge >= 0.3 is 0 Å². The van der Waals surface area contributed by atoms with Crippen molar-refractivity contribution in [3.63, 3.8) is 0 Å². The van der Waals surface area contributed by atoms with Crippen molar-refractivity contribution in [1.29, 1.82) is 0 Å². The number of hydrogen-bond donors (Lipinski definition) is 2. The highest BCUT2D eigenvalue weighted by molar-refractivity contribution is 5.47. The number of rotatable bonds is 7. The highest BCUT2D eigenvalue weighted by Gasteiger charge is 2.26. The molecule has 0 unspecified atom stereocenters. The number of halogens is 1. The number of nitrogens with one attached hydrogen (secondary N) is 1. The molecule has 3 aromatic rings. The number of nitrogens with two attached hydrogens (primary N) is 1. The lowest BCUT2D eigenvalue weighted by molar-refractivity contribution is 0.236. The molecule has 4 rings (SSSR count). The molecule has 0 atom stereocenters. The number of anilines is 2. The van der Waals surface area contributed by atoms with E-state index in [1.165, 1.54) is 11.6 Å². The summed E-state index contributed by atoms with van der Waals surface area (Å²) in [4.78, 5) is 13.0. The standard InChI is InChI=1S/C23H28FN5/c1-2-3-12-29-16-28(14-18-6-4-5-7-20(18)24)15-21-23(29)27-22(26-21)13-17-8-10-19(25)11-9-17/h4-11H,2-3,12-16,25H2,1H3,(H,26,27). The first-order chi connectivity index (χ1) is 14.1. The molecule has 0 bridgehead atoms. The molecule has 152 valence electrons. The van der Waals surface area contributed by atoms with E-state index in [0.29, 0.717) is 6.54 Å². The Morgan fingerprint density at radius 2 is 1.93 bits per heavy atom. The van der Waals surface area contributed by atoms with E-state index in [1.807, 2.05) is 36.4 Å². The Balaban J connectivity index is 1.55. The third-order valence-corrected chi connectivity index (χ3v) is 5.34. The van der Waals surface area contributed by atoms with Crippen LogP contribution < -0.4 is 10.6 Å². The number of nitrogens with zero attached hydrogens (tertiary/aromatic N) is 3. The quantitative estimate of drug-likeness (QED) is 0.588. The Hall–Kier alpha value is -2.86. The molecule has 0 aliphatic carbocycles. The Morgan fingerprint density at radius 3 is 2.69 bits per heavy atom. The van der Waals surface area contributed by atoms with Gasteiger partial charge in [-0.25, -0.2) is 9.37 Å². The Labute approximate surface area is 171 Å². The largest absolute Gasteiger partial charge is 0.399 e. The van der Waals surface area contributed by atoms with Gasteiger partial charge in [-0.3, -0.25) is 4.90 Å². The van der Waals surface area contributed by atoms with Crippen LogP contribution in [-0.2, 0) is 19.5 Å². The van der Waals surface area contributed by atoms with E-state index in [0.717, 1.165) is 67.6 Å². The van der Waals surface area contributed by atoms with E-state index in [2.05, 4.69) is 21.7 Å². The highest BCUT2D eigenvalue weighted by Crippen LogP contribution is 2.28. The van der Waals surface area contributed by atoms with Crippen LogP contribution in [0.2, 0.25) is 0 Å². The minimum Gasteiger partial charge on any atom is -0.399 e. The maximum atomic E-state index is 14.1. The minimum absolute atomic E-state index is 0.146. The smallest absolute Gasteiger partial charge is 0.152 e. The van der Waals surface area contributed by atoms with Gasteiger partial charge in [0.25, 0.3) is 0 Å². The molecule has 0 saturated carbocycles. The summed E-state index contributed by atoms with van der Waals surface area (Å²) in [5.74, 6) is 1.84. The average Bonchev–Trinajstić information content (AvgIpc) is 3.12. The van der Waals surface area contributed by atoms with Gasteiger partial charge in [-0.05, 0) is 30.2 Å². The summed E-state index contributed by atoms with van der Waals surface area (Å²) in [6, 6.07) is 14.9. The first-order valence-corrected chi connectivity index (χ1v) is 10.2. The van der Waals surface area contributed by atoms with Crippen LogP contribution >= 0.6 is 0 Å². The number of nitrogen functional groups attached to an aromatic ring is 1. The van der Waals surface area contributed by atoms with Crippen LogP contribution in [0.15, 0.2) is 48.5 Å². The Bertz CT molecular complexity index is 950. The summed E-state index contributed by atoms with van der Waals surface area (Å²) in [5, 5.41) is 0. The molecule has 5 nitrogen and oxygen atoms in total.